The Balaban J connectivity index is 1.65. The lowest BCUT2D eigenvalue weighted by molar-refractivity contribution is -0.142. The molecule has 2 aromatic carbocycles. The van der Waals surface area contributed by atoms with Crippen LogP contribution < -0.4 is 10.6 Å². The Morgan fingerprint density at radius 1 is 0.969 bits per heavy atom. The number of aliphatic carboxylic acids is 1. The van der Waals surface area contributed by atoms with Gasteiger partial charge in [0.1, 0.15) is 18.7 Å². The number of amides is 2. The Bertz CT molecular complexity index is 942. The maximum absolute atomic E-state index is 12.7. The summed E-state index contributed by atoms with van der Waals surface area (Å²) in [6, 6.07) is 14.2. The molecule has 7 heteroatoms. The fourth-order valence-electron chi connectivity index (χ4n) is 4.11. The first-order valence-electron chi connectivity index (χ1n) is 11.0. The van der Waals surface area contributed by atoms with Crippen LogP contribution in [0.5, 0.6) is 0 Å². The first-order chi connectivity index (χ1) is 15.3. The Labute approximate surface area is 188 Å². The number of hydrogen-bond donors (Lipinski definition) is 3. The molecular weight excluding hydrogens is 408 g/mol. The van der Waals surface area contributed by atoms with Gasteiger partial charge in [0.25, 0.3) is 0 Å². The van der Waals surface area contributed by atoms with Gasteiger partial charge in [-0.1, -0.05) is 75.7 Å². The number of rotatable bonds is 9. The monoisotopic (exact) mass is 438 g/mol. The van der Waals surface area contributed by atoms with Gasteiger partial charge in [0, 0.05) is 5.92 Å². The zero-order valence-corrected chi connectivity index (χ0v) is 18.6. The maximum Gasteiger partial charge on any atom is 0.407 e. The molecule has 0 fully saturated rings. The van der Waals surface area contributed by atoms with Gasteiger partial charge >= 0.3 is 12.1 Å². The first-order valence-corrected chi connectivity index (χ1v) is 11.0. The number of ether oxygens (including phenoxy) is 1. The number of fused-ring (bicyclic) bond motifs is 3. The van der Waals surface area contributed by atoms with Crippen LogP contribution in [0, 0.1) is 5.92 Å². The molecule has 0 saturated carbocycles. The van der Waals surface area contributed by atoms with Gasteiger partial charge in [-0.3, -0.25) is 4.79 Å². The Morgan fingerprint density at radius 2 is 1.53 bits per heavy atom. The normalized spacial score (nSPS) is 14.2. The molecule has 0 heterocycles. The van der Waals surface area contributed by atoms with Gasteiger partial charge in [-0.15, -0.1) is 0 Å². The SMILES string of the molecule is CCCC(NC(=O)[C@@H](NC(=O)OCC1c2ccccc2-c2ccccc21)C(C)C)C(=O)O. The highest BCUT2D eigenvalue weighted by atomic mass is 16.5. The zero-order chi connectivity index (χ0) is 23.3. The molecule has 0 radical (unpaired) electrons. The van der Waals surface area contributed by atoms with Crippen molar-refractivity contribution in [2.24, 2.45) is 5.92 Å². The molecule has 3 rings (SSSR count). The third-order valence-corrected chi connectivity index (χ3v) is 5.76. The molecule has 170 valence electrons. The number of carboxylic acids is 1. The van der Waals surface area contributed by atoms with E-state index in [4.69, 9.17) is 4.74 Å². The minimum absolute atomic E-state index is 0.0829. The average molecular weight is 439 g/mol. The van der Waals surface area contributed by atoms with E-state index in [1.165, 1.54) is 0 Å². The minimum atomic E-state index is -1.09. The van der Waals surface area contributed by atoms with Crippen molar-refractivity contribution in [3.05, 3.63) is 59.7 Å². The Morgan fingerprint density at radius 3 is 2.03 bits per heavy atom. The summed E-state index contributed by atoms with van der Waals surface area (Å²) in [5, 5.41) is 14.4. The highest BCUT2D eigenvalue weighted by Gasteiger charge is 2.31. The van der Waals surface area contributed by atoms with Gasteiger partial charge in [-0.05, 0) is 34.6 Å². The number of carboxylic acid groups (broad SMARTS) is 1. The van der Waals surface area contributed by atoms with E-state index in [9.17, 15) is 19.5 Å². The highest BCUT2D eigenvalue weighted by Crippen LogP contribution is 2.44. The minimum Gasteiger partial charge on any atom is -0.480 e. The number of alkyl carbamates (subject to hydrolysis) is 1. The van der Waals surface area contributed by atoms with Crippen LogP contribution >= 0.6 is 0 Å². The number of benzene rings is 2. The van der Waals surface area contributed by atoms with Gasteiger partial charge in [-0.25, -0.2) is 9.59 Å². The van der Waals surface area contributed by atoms with E-state index in [0.717, 1.165) is 22.3 Å². The molecule has 2 aromatic rings. The molecule has 1 unspecified atom stereocenters. The molecule has 0 bridgehead atoms. The van der Waals surface area contributed by atoms with Gasteiger partial charge < -0.3 is 20.5 Å². The Kier molecular flexibility index (Phi) is 7.51. The van der Waals surface area contributed by atoms with Crippen molar-refractivity contribution in [2.45, 2.75) is 51.6 Å². The van der Waals surface area contributed by atoms with Crippen molar-refractivity contribution in [2.75, 3.05) is 6.61 Å². The molecule has 7 nitrogen and oxygen atoms in total. The van der Waals surface area contributed by atoms with Gasteiger partial charge in [0.2, 0.25) is 5.91 Å². The van der Waals surface area contributed by atoms with Crippen LogP contribution in [0.3, 0.4) is 0 Å². The quantitative estimate of drug-likeness (QED) is 0.550. The summed E-state index contributed by atoms with van der Waals surface area (Å²) < 4.78 is 5.52. The number of nitrogens with one attached hydrogen (secondary N) is 2. The fourth-order valence-corrected chi connectivity index (χ4v) is 4.11. The molecule has 1 aliphatic carbocycles. The molecule has 0 aliphatic heterocycles. The first kappa shape index (κ1) is 23.3. The van der Waals surface area contributed by atoms with Gasteiger partial charge in [0.05, 0.1) is 0 Å². The van der Waals surface area contributed by atoms with E-state index in [1.54, 1.807) is 13.8 Å². The summed E-state index contributed by atoms with van der Waals surface area (Å²) in [6.45, 7) is 5.55. The lowest BCUT2D eigenvalue weighted by Crippen LogP contribution is -2.53. The molecule has 0 aromatic heterocycles. The smallest absolute Gasteiger partial charge is 0.407 e. The predicted molar refractivity (Wildman–Crippen MR) is 121 cm³/mol. The predicted octanol–water partition coefficient (Wildman–Crippen LogP) is 3.92. The van der Waals surface area contributed by atoms with Crippen molar-refractivity contribution >= 4 is 18.0 Å². The van der Waals surface area contributed by atoms with Crippen LogP contribution in [0.25, 0.3) is 11.1 Å². The van der Waals surface area contributed by atoms with Crippen molar-refractivity contribution < 1.29 is 24.2 Å². The van der Waals surface area contributed by atoms with Crippen LogP contribution in [0.15, 0.2) is 48.5 Å². The van der Waals surface area contributed by atoms with Crippen LogP contribution in [-0.2, 0) is 14.3 Å². The molecule has 0 saturated heterocycles. The third kappa shape index (κ3) is 5.10. The molecule has 2 atom stereocenters. The lowest BCUT2D eigenvalue weighted by atomic mass is 9.98. The van der Waals surface area contributed by atoms with E-state index in [0.29, 0.717) is 12.8 Å². The number of hydrogen-bond acceptors (Lipinski definition) is 4. The van der Waals surface area contributed by atoms with Crippen molar-refractivity contribution in [3.8, 4) is 11.1 Å². The van der Waals surface area contributed by atoms with Crippen LogP contribution in [0.2, 0.25) is 0 Å². The highest BCUT2D eigenvalue weighted by molar-refractivity contribution is 5.89. The second kappa shape index (κ2) is 10.3. The topological polar surface area (TPSA) is 105 Å². The van der Waals surface area contributed by atoms with E-state index in [-0.39, 0.29) is 18.4 Å². The average Bonchev–Trinajstić information content (AvgIpc) is 3.09. The summed E-state index contributed by atoms with van der Waals surface area (Å²) in [7, 11) is 0. The van der Waals surface area contributed by atoms with Crippen molar-refractivity contribution in [3.63, 3.8) is 0 Å². The Hall–Kier alpha value is -3.35. The molecule has 32 heavy (non-hydrogen) atoms. The zero-order valence-electron chi connectivity index (χ0n) is 18.6. The van der Waals surface area contributed by atoms with Crippen LogP contribution in [-0.4, -0.2) is 41.8 Å². The molecular formula is C25H30N2O5. The summed E-state index contributed by atoms with van der Waals surface area (Å²) in [5.74, 6) is -1.95. The largest absolute Gasteiger partial charge is 0.480 e. The summed E-state index contributed by atoms with van der Waals surface area (Å²) >= 11 is 0. The van der Waals surface area contributed by atoms with E-state index in [1.807, 2.05) is 43.3 Å². The lowest BCUT2D eigenvalue weighted by Gasteiger charge is -2.24. The second-order valence-electron chi connectivity index (χ2n) is 8.38. The molecule has 2 amide bonds. The van der Waals surface area contributed by atoms with Gasteiger partial charge in [-0.2, -0.15) is 0 Å². The third-order valence-electron chi connectivity index (χ3n) is 5.76. The molecule has 3 N–H and O–H groups in total. The van der Waals surface area contributed by atoms with Crippen molar-refractivity contribution in [1.29, 1.82) is 0 Å². The van der Waals surface area contributed by atoms with Crippen LogP contribution in [0.1, 0.15) is 50.7 Å². The fraction of sp³-hybridized carbons (Fsp3) is 0.400. The van der Waals surface area contributed by atoms with Gasteiger partial charge in [0.15, 0.2) is 0 Å². The van der Waals surface area contributed by atoms with Crippen molar-refractivity contribution in [1.82, 2.24) is 10.6 Å². The summed E-state index contributed by atoms with van der Waals surface area (Å²) in [5.41, 5.74) is 4.46. The number of carbonyl (C=O) groups is 3. The second-order valence-corrected chi connectivity index (χ2v) is 8.38. The van der Waals surface area contributed by atoms with E-state index >= 15 is 0 Å². The summed E-state index contributed by atoms with van der Waals surface area (Å²) in [6.07, 6.45) is 0.225. The van der Waals surface area contributed by atoms with E-state index < -0.39 is 30.1 Å². The molecule has 0 spiro atoms. The maximum atomic E-state index is 12.7. The number of carbonyl (C=O) groups excluding carboxylic acids is 2. The van der Waals surface area contributed by atoms with E-state index in [2.05, 4.69) is 22.8 Å². The molecule has 1 aliphatic rings. The summed E-state index contributed by atoms with van der Waals surface area (Å²) in [4.78, 5) is 36.6. The van der Waals surface area contributed by atoms with Crippen LogP contribution in [0.4, 0.5) is 4.79 Å². The standard InChI is InChI=1S/C25H30N2O5/c1-4-9-21(24(29)30)26-23(28)22(15(2)3)27-25(31)32-14-20-18-12-7-5-10-16(18)17-11-6-8-13-19(17)20/h5-8,10-13,15,20-22H,4,9,14H2,1-3H3,(H,26,28)(H,27,31)(H,29,30)/t21?,22-/m0/s1.